The van der Waals surface area contributed by atoms with Gasteiger partial charge in [0.1, 0.15) is 0 Å². The minimum absolute atomic E-state index is 0.0436. The Hall–Kier alpha value is -10.4. The van der Waals surface area contributed by atoms with E-state index in [1.165, 1.54) is 22.3 Å². The van der Waals surface area contributed by atoms with E-state index in [-0.39, 0.29) is 21.7 Å². The Balaban J connectivity index is 1.11. The average Bonchev–Trinajstić information content (AvgIpc) is 0.716. The summed E-state index contributed by atoms with van der Waals surface area (Å²) in [6.45, 7) is 27.6. The van der Waals surface area contributed by atoms with Crippen molar-refractivity contribution in [2.75, 3.05) is 19.6 Å². The van der Waals surface area contributed by atoms with E-state index in [0.29, 0.717) is 0 Å². The van der Waals surface area contributed by atoms with Gasteiger partial charge in [0.25, 0.3) is 0 Å². The van der Waals surface area contributed by atoms with Gasteiger partial charge in [0.2, 0.25) is 0 Å². The summed E-state index contributed by atoms with van der Waals surface area (Å²) in [7, 11) is 0. The Morgan fingerprint density at radius 2 is 0.362 bits per heavy atom. The molecule has 0 saturated heterocycles. The van der Waals surface area contributed by atoms with E-state index in [2.05, 4.69) is 406 Å². The van der Waals surface area contributed by atoms with Gasteiger partial charge in [-0.25, -0.2) is 0 Å². The molecule has 0 aliphatic heterocycles. The first-order chi connectivity index (χ1) is 45.2. The van der Waals surface area contributed by atoms with Crippen molar-refractivity contribution in [2.24, 2.45) is 0 Å². The molecule has 13 aromatic carbocycles. The lowest BCUT2D eigenvalue weighted by Gasteiger charge is -2.34. The van der Waals surface area contributed by atoms with Crippen LogP contribution in [0.15, 0.2) is 303 Å². The smallest absolute Gasteiger partial charge is 0.0620 e. The van der Waals surface area contributed by atoms with Gasteiger partial charge in [-0.05, 0) is 200 Å². The molecule has 0 saturated carbocycles. The number of para-hydroxylation sites is 4. The van der Waals surface area contributed by atoms with Gasteiger partial charge < -0.3 is 19.6 Å². The molecule has 94 heavy (non-hydrogen) atoms. The van der Waals surface area contributed by atoms with E-state index in [4.69, 9.17) is 0 Å². The molecule has 0 N–H and O–H groups in total. The molecule has 0 fully saturated rings. The summed E-state index contributed by atoms with van der Waals surface area (Å²) in [5.74, 6) is 0. The van der Waals surface area contributed by atoms with Crippen LogP contribution in [-0.4, -0.2) is 0 Å². The van der Waals surface area contributed by atoms with Crippen LogP contribution in [0.2, 0.25) is 0 Å². The van der Waals surface area contributed by atoms with Crippen molar-refractivity contribution in [3.05, 3.63) is 326 Å². The third-order valence-electron chi connectivity index (χ3n) is 18.4. The Morgan fingerprint density at radius 1 is 0.170 bits per heavy atom. The number of benzene rings is 13. The lowest BCUT2D eigenvalue weighted by molar-refractivity contribution is 0.590. The van der Waals surface area contributed by atoms with E-state index in [9.17, 15) is 0 Å². The molecule has 0 spiro atoms. The van der Waals surface area contributed by atoms with Crippen LogP contribution in [0.3, 0.4) is 0 Å². The predicted octanol–water partition coefficient (Wildman–Crippen LogP) is 26.4. The molecule has 0 aromatic heterocycles. The normalized spacial score (nSPS) is 12.0. The molecule has 13 rings (SSSR count). The number of anilines is 12. The molecule has 0 bridgehead atoms. The van der Waals surface area contributed by atoms with Gasteiger partial charge in [-0.3, -0.25) is 0 Å². The number of hydrogen-bond acceptors (Lipinski definition) is 4. The van der Waals surface area contributed by atoms with Crippen molar-refractivity contribution in [1.29, 1.82) is 0 Å². The standard InChI is InChI=1S/C90H86N4/c1-87(2,3)67-39-51-77(52-40-67)93(78-53-41-68(42-54-78)88(4,5)6)85-81-59-37-66(64-35-49-76(50-36-64)92(73-29-21-15-22-30-73)74-31-23-16-24-32-74)62-84(81)86(94(79-55-43-69(44-56-79)89(7,8)9)80-57-45-70(46-58-80)90(10,11)12)82-60-38-65(61-83(82)85)63-33-47-75(48-34-63)91(71-25-17-13-18-26-71)72-27-19-14-20-28-72/h13-62H,1-12H3. The second-order valence-electron chi connectivity index (χ2n) is 29.2. The monoisotopic (exact) mass is 1220 g/mol. The van der Waals surface area contributed by atoms with E-state index in [1.54, 1.807) is 0 Å². The lowest BCUT2D eigenvalue weighted by Crippen LogP contribution is -2.17. The highest BCUT2D eigenvalue weighted by molar-refractivity contribution is 6.24. The summed E-state index contributed by atoms with van der Waals surface area (Å²) >= 11 is 0. The zero-order chi connectivity index (χ0) is 65.5. The van der Waals surface area contributed by atoms with Crippen molar-refractivity contribution in [3.8, 4) is 22.3 Å². The number of fused-ring (bicyclic) bond motifs is 2. The molecular formula is C90H86N4. The van der Waals surface area contributed by atoms with Crippen LogP contribution in [0, 0.1) is 0 Å². The fourth-order valence-corrected chi connectivity index (χ4v) is 13.1. The Morgan fingerprint density at radius 3 is 0.585 bits per heavy atom. The third kappa shape index (κ3) is 12.8. The highest BCUT2D eigenvalue weighted by Gasteiger charge is 2.29. The molecule has 0 radical (unpaired) electrons. The summed E-state index contributed by atoms with van der Waals surface area (Å²) in [6.07, 6.45) is 0. The Kier molecular flexibility index (Phi) is 16.7. The van der Waals surface area contributed by atoms with Crippen molar-refractivity contribution in [3.63, 3.8) is 0 Å². The summed E-state index contributed by atoms with van der Waals surface area (Å²) in [5.41, 5.74) is 22.6. The highest BCUT2D eigenvalue weighted by Crippen LogP contribution is 2.54. The van der Waals surface area contributed by atoms with Gasteiger partial charge in [-0.15, -0.1) is 0 Å². The zero-order valence-electron chi connectivity index (χ0n) is 56.7. The Labute approximate surface area is 558 Å². The van der Waals surface area contributed by atoms with Crippen LogP contribution in [0.1, 0.15) is 105 Å². The Bertz CT molecular complexity index is 4220. The number of hydrogen-bond donors (Lipinski definition) is 0. The van der Waals surface area contributed by atoms with Crippen molar-refractivity contribution < 1.29 is 0 Å². The molecule has 0 amide bonds. The SMILES string of the molecule is CC(C)(C)c1ccc(N(c2ccc(C(C)(C)C)cc2)c2c3ccc(-c4ccc(N(c5ccccc5)c5ccccc5)cc4)cc3c(N(c3ccc(C(C)(C)C)cc3)c3ccc(C(C)(C)C)cc3)c3ccc(-c4ccc(N(c5ccccc5)c5ccccc5)cc4)cc23)cc1. The van der Waals surface area contributed by atoms with Crippen LogP contribution in [0.25, 0.3) is 43.8 Å². The van der Waals surface area contributed by atoms with Crippen molar-refractivity contribution in [1.82, 2.24) is 0 Å². The first-order valence-corrected chi connectivity index (χ1v) is 33.2. The molecular weight excluding hydrogens is 1140 g/mol. The maximum Gasteiger partial charge on any atom is 0.0620 e. The second-order valence-corrected chi connectivity index (χ2v) is 29.2. The van der Waals surface area contributed by atoms with Crippen molar-refractivity contribution in [2.45, 2.75) is 105 Å². The van der Waals surface area contributed by atoms with Crippen LogP contribution >= 0.6 is 0 Å². The van der Waals surface area contributed by atoms with Gasteiger partial charge in [0, 0.05) is 78.4 Å². The van der Waals surface area contributed by atoms with E-state index < -0.39 is 0 Å². The third-order valence-corrected chi connectivity index (χ3v) is 18.4. The summed E-state index contributed by atoms with van der Waals surface area (Å²) in [5, 5.41) is 4.50. The van der Waals surface area contributed by atoms with Gasteiger partial charge in [-0.1, -0.05) is 253 Å². The van der Waals surface area contributed by atoms with E-state index in [1.807, 2.05) is 0 Å². The molecule has 0 heterocycles. The maximum absolute atomic E-state index is 2.54. The first kappa shape index (κ1) is 62.4. The summed E-state index contributed by atoms with van der Waals surface area (Å²) < 4.78 is 0. The minimum atomic E-state index is -0.0436. The molecule has 0 atom stereocenters. The van der Waals surface area contributed by atoms with Crippen LogP contribution in [0.4, 0.5) is 68.2 Å². The molecule has 4 heteroatoms. The predicted molar refractivity (Wildman–Crippen MR) is 406 cm³/mol. The average molecular weight is 1220 g/mol. The fraction of sp³-hybridized carbons (Fsp3) is 0.178. The molecule has 13 aromatic rings. The molecule has 0 unspecified atom stereocenters. The van der Waals surface area contributed by atoms with Gasteiger partial charge >= 0.3 is 0 Å². The quantitative estimate of drug-likeness (QED) is 0.0795. The second kappa shape index (κ2) is 25.2. The van der Waals surface area contributed by atoms with E-state index in [0.717, 1.165) is 112 Å². The summed E-state index contributed by atoms with van der Waals surface area (Å²) in [6, 6.07) is 113. The number of nitrogens with zero attached hydrogens (tertiary/aromatic N) is 4. The lowest BCUT2D eigenvalue weighted by atomic mass is 9.86. The zero-order valence-corrected chi connectivity index (χ0v) is 56.7. The van der Waals surface area contributed by atoms with Gasteiger partial charge in [0.15, 0.2) is 0 Å². The molecule has 4 nitrogen and oxygen atoms in total. The molecule has 466 valence electrons. The largest absolute Gasteiger partial charge is 0.311 e. The highest BCUT2D eigenvalue weighted by atomic mass is 15.2. The maximum atomic E-state index is 2.54. The van der Waals surface area contributed by atoms with Crippen molar-refractivity contribution >= 4 is 89.8 Å². The molecule has 0 aliphatic carbocycles. The first-order valence-electron chi connectivity index (χ1n) is 33.2. The van der Waals surface area contributed by atoms with Crippen LogP contribution < -0.4 is 19.6 Å². The minimum Gasteiger partial charge on any atom is -0.311 e. The number of rotatable bonds is 14. The van der Waals surface area contributed by atoms with Crippen LogP contribution in [0.5, 0.6) is 0 Å². The summed E-state index contributed by atoms with van der Waals surface area (Å²) in [4.78, 5) is 9.73. The topological polar surface area (TPSA) is 13.0 Å². The molecule has 0 aliphatic rings. The van der Waals surface area contributed by atoms with Gasteiger partial charge in [0.05, 0.1) is 11.4 Å². The van der Waals surface area contributed by atoms with Gasteiger partial charge in [-0.2, -0.15) is 0 Å². The van der Waals surface area contributed by atoms with Crippen LogP contribution in [-0.2, 0) is 21.7 Å². The fourth-order valence-electron chi connectivity index (χ4n) is 13.1. The van der Waals surface area contributed by atoms with E-state index >= 15 is 0 Å².